The highest BCUT2D eigenvalue weighted by molar-refractivity contribution is 5.88. The molecule has 0 aliphatic rings. The van der Waals surface area contributed by atoms with Gasteiger partial charge in [0.25, 0.3) is 0 Å². The lowest BCUT2D eigenvalue weighted by Gasteiger charge is -2.17. The molecule has 0 heterocycles. The predicted octanol–water partition coefficient (Wildman–Crippen LogP) is 1.01. The molecule has 1 aromatic carbocycles. The highest BCUT2D eigenvalue weighted by Gasteiger charge is 2.26. The van der Waals surface area contributed by atoms with Gasteiger partial charge in [-0.15, -0.1) is 0 Å². The Kier molecular flexibility index (Phi) is 5.17. The predicted molar refractivity (Wildman–Crippen MR) is 68.6 cm³/mol. The van der Waals surface area contributed by atoms with Gasteiger partial charge in [0.2, 0.25) is 5.91 Å². The van der Waals surface area contributed by atoms with E-state index in [9.17, 15) is 9.59 Å². The first-order chi connectivity index (χ1) is 9.03. The Morgan fingerprint density at radius 1 is 1.32 bits per heavy atom. The minimum atomic E-state index is -1.05. The molecule has 1 unspecified atom stereocenters. The van der Waals surface area contributed by atoms with E-state index in [2.05, 4.69) is 5.32 Å². The molecule has 1 amide bonds. The molecule has 0 fully saturated rings. The van der Waals surface area contributed by atoms with E-state index in [0.29, 0.717) is 17.1 Å². The number of aliphatic carboxylic acids is 1. The highest BCUT2D eigenvalue weighted by atomic mass is 16.5. The van der Waals surface area contributed by atoms with Crippen molar-refractivity contribution in [3.8, 4) is 11.5 Å². The van der Waals surface area contributed by atoms with Crippen molar-refractivity contribution in [3.05, 3.63) is 23.8 Å². The van der Waals surface area contributed by atoms with Crippen LogP contribution < -0.4 is 14.8 Å². The van der Waals surface area contributed by atoms with Crippen LogP contribution in [0.5, 0.6) is 11.5 Å². The first-order valence-corrected chi connectivity index (χ1v) is 5.68. The van der Waals surface area contributed by atoms with E-state index in [0.717, 1.165) is 0 Å². The quantitative estimate of drug-likeness (QED) is 0.803. The Bertz CT molecular complexity index is 472. The molecule has 6 nitrogen and oxygen atoms in total. The average molecular weight is 267 g/mol. The van der Waals surface area contributed by atoms with Gasteiger partial charge in [-0.25, -0.2) is 0 Å². The molecule has 6 heteroatoms. The maximum absolute atomic E-state index is 11.8. The summed E-state index contributed by atoms with van der Waals surface area (Å²) in [4.78, 5) is 22.7. The van der Waals surface area contributed by atoms with E-state index in [1.54, 1.807) is 18.2 Å². The van der Waals surface area contributed by atoms with E-state index in [4.69, 9.17) is 14.6 Å². The van der Waals surface area contributed by atoms with Gasteiger partial charge in [-0.2, -0.15) is 0 Å². The molecule has 0 aromatic heterocycles. The van der Waals surface area contributed by atoms with Crippen molar-refractivity contribution in [3.63, 3.8) is 0 Å². The fraction of sp³-hybridized carbons (Fsp3) is 0.385. The van der Waals surface area contributed by atoms with E-state index >= 15 is 0 Å². The molecule has 0 bridgehead atoms. The van der Waals surface area contributed by atoms with Crippen molar-refractivity contribution in [2.24, 2.45) is 0 Å². The van der Waals surface area contributed by atoms with Crippen LogP contribution >= 0.6 is 0 Å². The largest absolute Gasteiger partial charge is 0.497 e. The molecule has 0 aliphatic heterocycles. The maximum atomic E-state index is 11.8. The van der Waals surface area contributed by atoms with E-state index in [1.807, 2.05) is 0 Å². The fourth-order valence-electron chi connectivity index (χ4n) is 1.80. The zero-order valence-corrected chi connectivity index (χ0v) is 11.1. The van der Waals surface area contributed by atoms with Gasteiger partial charge in [0.05, 0.1) is 26.6 Å². The van der Waals surface area contributed by atoms with Gasteiger partial charge in [-0.3, -0.25) is 9.59 Å². The summed E-state index contributed by atoms with van der Waals surface area (Å²) in [5, 5.41) is 11.4. The molecule has 0 radical (unpaired) electrons. The van der Waals surface area contributed by atoms with Crippen molar-refractivity contribution in [2.75, 3.05) is 21.3 Å². The van der Waals surface area contributed by atoms with Crippen LogP contribution in [0.25, 0.3) is 0 Å². The fourth-order valence-corrected chi connectivity index (χ4v) is 1.80. The molecule has 1 aromatic rings. The summed E-state index contributed by atoms with van der Waals surface area (Å²) >= 11 is 0. The molecule has 104 valence electrons. The summed E-state index contributed by atoms with van der Waals surface area (Å²) in [7, 11) is 4.44. The lowest BCUT2D eigenvalue weighted by atomic mass is 9.93. The third kappa shape index (κ3) is 3.61. The van der Waals surface area contributed by atoms with Crippen molar-refractivity contribution < 1.29 is 24.2 Å². The van der Waals surface area contributed by atoms with Crippen molar-refractivity contribution >= 4 is 11.9 Å². The Hall–Kier alpha value is -2.24. The second-order valence-electron chi connectivity index (χ2n) is 3.87. The van der Waals surface area contributed by atoms with Gasteiger partial charge in [0, 0.05) is 18.7 Å². The standard InChI is InChI=1S/C13H17NO5/c1-14-13(17)10(7-12(15)16)9-5-4-8(18-2)6-11(9)19-3/h4-6,10H,7H2,1-3H3,(H,14,17)(H,15,16). The topological polar surface area (TPSA) is 84.9 Å². The first kappa shape index (κ1) is 14.8. The lowest BCUT2D eigenvalue weighted by Crippen LogP contribution is -2.27. The monoisotopic (exact) mass is 267 g/mol. The van der Waals surface area contributed by atoms with Crippen LogP contribution in [0.15, 0.2) is 18.2 Å². The Balaban J connectivity index is 3.20. The number of nitrogens with one attached hydrogen (secondary N) is 1. The smallest absolute Gasteiger partial charge is 0.304 e. The van der Waals surface area contributed by atoms with Crippen LogP contribution in [0.4, 0.5) is 0 Å². The van der Waals surface area contributed by atoms with Gasteiger partial charge in [-0.05, 0) is 6.07 Å². The summed E-state index contributed by atoms with van der Waals surface area (Å²) in [5.74, 6) is -1.22. The van der Waals surface area contributed by atoms with Crippen LogP contribution in [0.3, 0.4) is 0 Å². The SMILES string of the molecule is CNC(=O)C(CC(=O)O)c1ccc(OC)cc1OC. The van der Waals surface area contributed by atoms with Crippen molar-refractivity contribution in [2.45, 2.75) is 12.3 Å². The second kappa shape index (κ2) is 6.63. The number of carboxylic acids is 1. The van der Waals surface area contributed by atoms with Crippen LogP contribution in [0.2, 0.25) is 0 Å². The van der Waals surface area contributed by atoms with E-state index in [1.165, 1.54) is 21.3 Å². The van der Waals surface area contributed by atoms with E-state index in [-0.39, 0.29) is 12.3 Å². The number of amides is 1. The number of likely N-dealkylation sites (N-methyl/N-ethyl adjacent to an activating group) is 1. The van der Waals surface area contributed by atoms with Crippen LogP contribution in [-0.4, -0.2) is 38.3 Å². The van der Waals surface area contributed by atoms with Gasteiger partial charge in [0.15, 0.2) is 0 Å². The first-order valence-electron chi connectivity index (χ1n) is 5.68. The lowest BCUT2D eigenvalue weighted by molar-refractivity contribution is -0.139. The van der Waals surface area contributed by atoms with Gasteiger partial charge in [-0.1, -0.05) is 6.07 Å². The third-order valence-electron chi connectivity index (χ3n) is 2.76. The number of ether oxygens (including phenoxy) is 2. The molecule has 19 heavy (non-hydrogen) atoms. The Morgan fingerprint density at radius 3 is 2.47 bits per heavy atom. The summed E-state index contributed by atoms with van der Waals surface area (Å²) in [6, 6.07) is 4.92. The number of methoxy groups -OCH3 is 2. The van der Waals surface area contributed by atoms with E-state index < -0.39 is 11.9 Å². The van der Waals surface area contributed by atoms with Gasteiger partial charge >= 0.3 is 5.97 Å². The normalized spacial score (nSPS) is 11.5. The van der Waals surface area contributed by atoms with Gasteiger partial charge < -0.3 is 19.9 Å². The molecular formula is C13H17NO5. The molecule has 0 saturated carbocycles. The summed E-state index contributed by atoms with van der Waals surface area (Å²) < 4.78 is 10.3. The van der Waals surface area contributed by atoms with Gasteiger partial charge in [0.1, 0.15) is 11.5 Å². The third-order valence-corrected chi connectivity index (χ3v) is 2.76. The number of carbonyl (C=O) groups is 2. The summed E-state index contributed by atoms with van der Waals surface area (Å²) in [6.07, 6.45) is -0.303. The number of rotatable bonds is 6. The zero-order valence-electron chi connectivity index (χ0n) is 11.1. The second-order valence-corrected chi connectivity index (χ2v) is 3.87. The van der Waals surface area contributed by atoms with Crippen LogP contribution in [-0.2, 0) is 9.59 Å². The zero-order chi connectivity index (χ0) is 14.4. The number of carbonyl (C=O) groups excluding carboxylic acids is 1. The van der Waals surface area contributed by atoms with Crippen molar-refractivity contribution in [1.82, 2.24) is 5.32 Å². The molecule has 1 atom stereocenters. The Morgan fingerprint density at radius 2 is 2.00 bits per heavy atom. The maximum Gasteiger partial charge on any atom is 0.304 e. The summed E-state index contributed by atoms with van der Waals surface area (Å²) in [5.41, 5.74) is 0.519. The number of hydrogen-bond donors (Lipinski definition) is 2. The number of benzene rings is 1. The number of hydrogen-bond acceptors (Lipinski definition) is 4. The highest BCUT2D eigenvalue weighted by Crippen LogP contribution is 2.32. The molecule has 0 spiro atoms. The van der Waals surface area contributed by atoms with Crippen molar-refractivity contribution in [1.29, 1.82) is 0 Å². The minimum absolute atomic E-state index is 0.303. The molecule has 0 aliphatic carbocycles. The number of carboxylic acid groups (broad SMARTS) is 1. The van der Waals surface area contributed by atoms with Crippen LogP contribution in [0.1, 0.15) is 17.9 Å². The molecule has 0 saturated heterocycles. The Labute approximate surface area is 111 Å². The summed E-state index contributed by atoms with van der Waals surface area (Å²) in [6.45, 7) is 0. The molecule has 1 rings (SSSR count). The van der Waals surface area contributed by atoms with Crippen LogP contribution in [0, 0.1) is 0 Å². The average Bonchev–Trinajstić information content (AvgIpc) is 2.43. The molecular weight excluding hydrogens is 250 g/mol. The molecule has 2 N–H and O–H groups in total. The minimum Gasteiger partial charge on any atom is -0.497 e.